The van der Waals surface area contributed by atoms with Gasteiger partial charge in [-0.3, -0.25) is 14.6 Å². The van der Waals surface area contributed by atoms with Gasteiger partial charge in [-0.15, -0.1) is 0 Å². The van der Waals surface area contributed by atoms with Crippen LogP contribution in [0.5, 0.6) is 0 Å². The Balaban J connectivity index is 2.25. The number of nitrogens with zero attached hydrogens (tertiary/aromatic N) is 1. The van der Waals surface area contributed by atoms with Gasteiger partial charge >= 0.3 is 0 Å². The third kappa shape index (κ3) is 2.30. The molecule has 1 amide bonds. The van der Waals surface area contributed by atoms with E-state index in [4.69, 9.17) is 11.8 Å². The number of hydrogen-bond donors (Lipinski definition) is 1. The van der Waals surface area contributed by atoms with E-state index in [0.717, 1.165) is 12.0 Å². The molecular weight excluding hydrogens is 296 g/mol. The molecule has 0 bridgehead atoms. The predicted molar refractivity (Wildman–Crippen MR) is 89.1 cm³/mol. The Morgan fingerprint density at radius 2 is 2.09 bits per heavy atom. The van der Waals surface area contributed by atoms with E-state index in [1.54, 1.807) is 18.3 Å². The first-order valence-electron chi connectivity index (χ1n) is 7.45. The van der Waals surface area contributed by atoms with E-state index in [0.29, 0.717) is 17.2 Å². The first kappa shape index (κ1) is 15.0. The molecule has 0 spiro atoms. The van der Waals surface area contributed by atoms with E-state index >= 15 is 0 Å². The lowest BCUT2D eigenvalue weighted by Gasteiger charge is -2.19. The summed E-state index contributed by atoms with van der Waals surface area (Å²) in [5.74, 6) is 0.113. The summed E-state index contributed by atoms with van der Waals surface area (Å²) >= 11 is 5.51. The van der Waals surface area contributed by atoms with Crippen LogP contribution in [0, 0.1) is 0 Å². The van der Waals surface area contributed by atoms with Crippen molar-refractivity contribution in [2.24, 2.45) is 0 Å². The van der Waals surface area contributed by atoms with E-state index in [9.17, 15) is 4.79 Å². The number of carbonyl (C=O) groups excluding carboxylic acids is 1. The van der Waals surface area contributed by atoms with E-state index in [1.807, 2.05) is 12.1 Å². The number of hydrogen-bond acceptors (Lipinski definition) is 2. The second kappa shape index (κ2) is 5.40. The van der Waals surface area contributed by atoms with Crippen molar-refractivity contribution >= 4 is 17.7 Å². The zero-order valence-corrected chi connectivity index (χ0v) is 13.7. The van der Waals surface area contributed by atoms with Crippen LogP contribution in [0.4, 0.5) is 0 Å². The van der Waals surface area contributed by atoms with Gasteiger partial charge < -0.3 is 0 Å². The Morgan fingerprint density at radius 1 is 1.32 bits per heavy atom. The van der Waals surface area contributed by atoms with Gasteiger partial charge in [0.2, 0.25) is 0 Å². The van der Waals surface area contributed by atoms with Crippen LogP contribution >= 0.6 is 11.8 Å². The molecule has 3 nitrogen and oxygen atoms in total. The van der Waals surface area contributed by atoms with Gasteiger partial charge in [-0.05, 0) is 41.0 Å². The molecule has 1 aliphatic carbocycles. The van der Waals surface area contributed by atoms with E-state index in [1.165, 1.54) is 11.1 Å². The van der Waals surface area contributed by atoms with Crippen molar-refractivity contribution in [2.75, 3.05) is 0 Å². The van der Waals surface area contributed by atoms with E-state index < -0.39 is 0 Å². The molecule has 1 aromatic heterocycles. The number of aromatic nitrogens is 1. The van der Waals surface area contributed by atoms with Crippen molar-refractivity contribution in [1.82, 2.24) is 9.82 Å². The molecule has 0 saturated carbocycles. The van der Waals surface area contributed by atoms with Crippen LogP contribution in [0.3, 0.4) is 0 Å². The number of carbonyl (C=O) groups is 1. The summed E-state index contributed by atoms with van der Waals surface area (Å²) in [7, 11) is 0. The molecule has 0 fully saturated rings. The van der Waals surface area contributed by atoms with Gasteiger partial charge in [0.05, 0.1) is 11.3 Å². The van der Waals surface area contributed by atoms with Gasteiger partial charge in [0.25, 0.3) is 5.91 Å². The summed E-state index contributed by atoms with van der Waals surface area (Å²) in [5.41, 5.74) is 5.03. The summed E-state index contributed by atoms with van der Waals surface area (Å²) in [6.45, 7) is 6.77. The zero-order chi connectivity index (χ0) is 15.9. The minimum atomic E-state index is -0.327. The molecule has 4 heteroatoms. The molecular formula is C18H19ClN2O. The smallest absolute Gasteiger partial charge is 0.267 e. The molecule has 1 unspecified atom stereocenters. The Hall–Kier alpha value is -1.87. The maximum atomic E-state index is 12.0. The summed E-state index contributed by atoms with van der Waals surface area (Å²) in [5, 5.41) is 0. The molecule has 1 aromatic carbocycles. The van der Waals surface area contributed by atoms with Crippen molar-refractivity contribution in [3.63, 3.8) is 0 Å². The number of nitrogens with one attached hydrogen (secondary N) is 1. The normalized spacial score (nSPS) is 18.8. The van der Waals surface area contributed by atoms with Crippen molar-refractivity contribution in [2.45, 2.75) is 38.5 Å². The fourth-order valence-corrected chi connectivity index (χ4v) is 3.83. The van der Waals surface area contributed by atoms with Crippen LogP contribution in [0.2, 0.25) is 0 Å². The number of benzene rings is 1. The second-order valence-electron chi connectivity index (χ2n) is 6.58. The van der Waals surface area contributed by atoms with Crippen molar-refractivity contribution in [3.05, 3.63) is 53.2 Å². The summed E-state index contributed by atoms with van der Waals surface area (Å²) in [4.78, 5) is 18.7. The lowest BCUT2D eigenvalue weighted by atomic mass is 9.85. The number of fused-ring (bicyclic) bond motifs is 1. The molecule has 1 heterocycles. The highest BCUT2D eigenvalue weighted by molar-refractivity contribution is 6.25. The molecule has 22 heavy (non-hydrogen) atoms. The number of amides is 1. The summed E-state index contributed by atoms with van der Waals surface area (Å²) < 4.78 is 0. The van der Waals surface area contributed by atoms with Crippen molar-refractivity contribution in [3.8, 4) is 11.3 Å². The Bertz CT molecular complexity index is 740. The van der Waals surface area contributed by atoms with Crippen LogP contribution < -0.4 is 4.84 Å². The van der Waals surface area contributed by atoms with Crippen LogP contribution in [0.25, 0.3) is 11.3 Å². The highest BCUT2D eigenvalue weighted by Gasteiger charge is 2.36. The molecule has 1 N–H and O–H groups in total. The Kier molecular flexibility index (Phi) is 3.69. The first-order valence-corrected chi connectivity index (χ1v) is 7.83. The average molecular weight is 315 g/mol. The lowest BCUT2D eigenvalue weighted by Crippen LogP contribution is -2.15. The van der Waals surface area contributed by atoms with Gasteiger partial charge in [0, 0.05) is 23.5 Å². The zero-order valence-electron chi connectivity index (χ0n) is 13.0. The molecule has 0 radical (unpaired) electrons. The third-order valence-electron chi connectivity index (χ3n) is 4.54. The Labute approximate surface area is 135 Å². The van der Waals surface area contributed by atoms with Gasteiger partial charge in [-0.1, -0.05) is 39.0 Å². The molecule has 1 atom stereocenters. The van der Waals surface area contributed by atoms with Crippen LogP contribution in [0.1, 0.15) is 54.6 Å². The third-order valence-corrected chi connectivity index (χ3v) is 4.71. The summed E-state index contributed by atoms with van der Waals surface area (Å²) in [6.07, 6.45) is 2.81. The standard InChI is InChI=1S/C18H19ClN2O/c1-11-10-18(2,3)14-8-4-6-12(15(11)14)16-13(17(22)21-19)7-5-9-20-16/h4-9,11H,10H2,1-3H3,(H,21,22). The minimum absolute atomic E-state index is 0.147. The van der Waals surface area contributed by atoms with Crippen LogP contribution in [0.15, 0.2) is 36.5 Å². The minimum Gasteiger partial charge on any atom is -0.268 e. The number of rotatable bonds is 2. The van der Waals surface area contributed by atoms with Crippen molar-refractivity contribution in [1.29, 1.82) is 0 Å². The number of halogens is 1. The maximum absolute atomic E-state index is 12.0. The van der Waals surface area contributed by atoms with Crippen LogP contribution in [-0.4, -0.2) is 10.9 Å². The first-order chi connectivity index (χ1) is 10.5. The SMILES string of the molecule is CC1CC(C)(C)c2cccc(-c3ncccc3C(=O)NCl)c21. The van der Waals surface area contributed by atoms with Crippen LogP contribution in [-0.2, 0) is 5.41 Å². The van der Waals surface area contributed by atoms with E-state index in [-0.39, 0.29) is 11.3 Å². The van der Waals surface area contributed by atoms with Gasteiger partial charge in [0.1, 0.15) is 0 Å². The number of pyridine rings is 1. The average Bonchev–Trinajstić information content (AvgIpc) is 2.76. The highest BCUT2D eigenvalue weighted by atomic mass is 35.5. The second-order valence-corrected chi connectivity index (χ2v) is 6.77. The monoisotopic (exact) mass is 314 g/mol. The van der Waals surface area contributed by atoms with Gasteiger partial charge in [-0.25, -0.2) is 0 Å². The van der Waals surface area contributed by atoms with Gasteiger partial charge in [0.15, 0.2) is 0 Å². The molecule has 0 saturated heterocycles. The largest absolute Gasteiger partial charge is 0.268 e. The Morgan fingerprint density at radius 3 is 2.82 bits per heavy atom. The fourth-order valence-electron chi connectivity index (χ4n) is 3.72. The molecule has 0 aliphatic heterocycles. The molecule has 1 aliphatic rings. The highest BCUT2D eigenvalue weighted by Crippen LogP contribution is 2.49. The predicted octanol–water partition coefficient (Wildman–Crippen LogP) is 4.42. The maximum Gasteiger partial charge on any atom is 0.267 e. The van der Waals surface area contributed by atoms with Gasteiger partial charge in [-0.2, -0.15) is 0 Å². The van der Waals surface area contributed by atoms with E-state index in [2.05, 4.69) is 36.7 Å². The molecule has 2 aromatic rings. The fraction of sp³-hybridized carbons (Fsp3) is 0.333. The quantitative estimate of drug-likeness (QED) is 0.834. The lowest BCUT2D eigenvalue weighted by molar-refractivity contribution is 0.0982. The molecule has 114 valence electrons. The summed E-state index contributed by atoms with van der Waals surface area (Å²) in [6, 6.07) is 9.79. The topological polar surface area (TPSA) is 42.0 Å². The van der Waals surface area contributed by atoms with Crippen molar-refractivity contribution < 1.29 is 4.79 Å². The molecule has 3 rings (SSSR count).